The Morgan fingerprint density at radius 2 is 1.57 bits per heavy atom. The molecule has 2 aromatic carbocycles. The number of carbonyl (C=O) groups is 2. The van der Waals surface area contributed by atoms with Gasteiger partial charge in [-0.05, 0) is 23.3 Å². The van der Waals surface area contributed by atoms with Gasteiger partial charge in [0.05, 0.1) is 0 Å². The lowest BCUT2D eigenvalue weighted by atomic mass is 10.1. The fourth-order valence-electron chi connectivity index (χ4n) is 1.75. The van der Waals surface area contributed by atoms with E-state index in [-0.39, 0.29) is 6.61 Å². The van der Waals surface area contributed by atoms with Crippen LogP contribution in [0.2, 0.25) is 0 Å². The molecular formula is C16H16N2O3. The molecule has 5 heteroatoms. The maximum absolute atomic E-state index is 11.4. The van der Waals surface area contributed by atoms with E-state index in [2.05, 4.69) is 10.6 Å². The zero-order chi connectivity index (χ0) is 15.1. The van der Waals surface area contributed by atoms with E-state index < -0.39 is 11.9 Å². The Labute approximate surface area is 122 Å². The van der Waals surface area contributed by atoms with E-state index >= 15 is 0 Å². The number of urea groups is 1. The molecule has 2 rings (SSSR count). The molecule has 0 fully saturated rings. The molecule has 0 spiro atoms. The highest BCUT2D eigenvalue weighted by molar-refractivity contribution is 5.94. The largest absolute Gasteiger partial charge is 0.484 e. The Kier molecular flexibility index (Phi) is 4.93. The Balaban J connectivity index is 1.91. The Morgan fingerprint density at radius 3 is 2.19 bits per heavy atom. The molecule has 2 N–H and O–H groups in total. The van der Waals surface area contributed by atoms with Crippen LogP contribution < -0.4 is 15.4 Å². The highest BCUT2D eigenvalue weighted by Gasteiger charge is 2.06. The van der Waals surface area contributed by atoms with Crippen LogP contribution >= 0.6 is 0 Å². The van der Waals surface area contributed by atoms with Gasteiger partial charge in [-0.1, -0.05) is 42.5 Å². The normalized spacial score (nSPS) is 9.76. The minimum absolute atomic E-state index is 0.210. The molecule has 0 unspecified atom stereocenters. The number of hydrogen-bond donors (Lipinski definition) is 2. The van der Waals surface area contributed by atoms with Gasteiger partial charge in [-0.3, -0.25) is 10.1 Å². The molecule has 0 radical (unpaired) electrons. The first kappa shape index (κ1) is 14.6. The maximum Gasteiger partial charge on any atom is 0.321 e. The third-order valence-electron chi connectivity index (χ3n) is 2.81. The van der Waals surface area contributed by atoms with Crippen molar-refractivity contribution in [3.8, 4) is 16.9 Å². The molecule has 5 nitrogen and oxygen atoms in total. The van der Waals surface area contributed by atoms with Gasteiger partial charge in [0.2, 0.25) is 0 Å². The van der Waals surface area contributed by atoms with E-state index in [1.807, 2.05) is 42.5 Å². The summed E-state index contributed by atoms with van der Waals surface area (Å²) in [6.45, 7) is -0.210. The van der Waals surface area contributed by atoms with Crippen molar-refractivity contribution in [3.05, 3.63) is 54.6 Å². The van der Waals surface area contributed by atoms with E-state index in [0.29, 0.717) is 5.75 Å². The van der Waals surface area contributed by atoms with Crippen LogP contribution in [0.3, 0.4) is 0 Å². The van der Waals surface area contributed by atoms with Crippen molar-refractivity contribution < 1.29 is 14.3 Å². The van der Waals surface area contributed by atoms with Crippen LogP contribution in [-0.4, -0.2) is 25.6 Å². The lowest BCUT2D eigenvalue weighted by Gasteiger charge is -2.07. The molecule has 3 amide bonds. The second-order valence-electron chi connectivity index (χ2n) is 4.31. The monoisotopic (exact) mass is 284 g/mol. The Morgan fingerprint density at radius 1 is 0.952 bits per heavy atom. The fourth-order valence-corrected chi connectivity index (χ4v) is 1.75. The summed E-state index contributed by atoms with van der Waals surface area (Å²) in [7, 11) is 1.44. The standard InChI is InChI=1S/C16H16N2O3/c1-17-16(20)18-15(19)11-21-14-9-7-13(8-10-14)12-5-3-2-4-6-12/h2-10H,11H2,1H3,(H2,17,18,19,20). The zero-order valence-corrected chi connectivity index (χ0v) is 11.6. The summed E-state index contributed by atoms with van der Waals surface area (Å²) < 4.78 is 5.31. The molecule has 21 heavy (non-hydrogen) atoms. The van der Waals surface area contributed by atoms with Gasteiger partial charge in [-0.25, -0.2) is 4.79 Å². The van der Waals surface area contributed by atoms with Crippen LogP contribution in [0.25, 0.3) is 11.1 Å². The van der Waals surface area contributed by atoms with Gasteiger partial charge in [0.1, 0.15) is 5.75 Å². The van der Waals surface area contributed by atoms with Crippen molar-refractivity contribution in [2.75, 3.05) is 13.7 Å². The van der Waals surface area contributed by atoms with E-state index in [4.69, 9.17) is 4.74 Å². The van der Waals surface area contributed by atoms with E-state index in [1.165, 1.54) is 7.05 Å². The third kappa shape index (κ3) is 4.35. The van der Waals surface area contributed by atoms with Crippen LogP contribution in [0.4, 0.5) is 4.79 Å². The minimum atomic E-state index is -0.553. The van der Waals surface area contributed by atoms with Gasteiger partial charge >= 0.3 is 6.03 Å². The fraction of sp³-hybridized carbons (Fsp3) is 0.125. The van der Waals surface area contributed by atoms with Crippen LogP contribution in [0, 0.1) is 0 Å². The predicted octanol–water partition coefficient (Wildman–Crippen LogP) is 2.19. The average Bonchev–Trinajstić information content (AvgIpc) is 2.54. The highest BCUT2D eigenvalue weighted by Crippen LogP contribution is 2.21. The van der Waals surface area contributed by atoms with Gasteiger partial charge in [0.25, 0.3) is 5.91 Å². The van der Waals surface area contributed by atoms with Gasteiger partial charge in [-0.15, -0.1) is 0 Å². The summed E-state index contributed by atoms with van der Waals surface area (Å²) in [4.78, 5) is 22.3. The molecule has 0 saturated carbocycles. The van der Waals surface area contributed by atoms with E-state index in [9.17, 15) is 9.59 Å². The molecule has 0 aliphatic rings. The summed E-state index contributed by atoms with van der Waals surface area (Å²) >= 11 is 0. The molecule has 108 valence electrons. The van der Waals surface area contributed by atoms with Crippen molar-refractivity contribution in [1.82, 2.24) is 10.6 Å². The first-order chi connectivity index (χ1) is 10.2. The molecule has 0 aliphatic heterocycles. The Hall–Kier alpha value is -2.82. The molecule has 0 aromatic heterocycles. The number of hydrogen-bond acceptors (Lipinski definition) is 3. The highest BCUT2D eigenvalue weighted by atomic mass is 16.5. The Bertz CT molecular complexity index is 609. The van der Waals surface area contributed by atoms with Crippen LogP contribution in [-0.2, 0) is 4.79 Å². The number of benzene rings is 2. The number of carbonyl (C=O) groups excluding carboxylic acids is 2. The van der Waals surface area contributed by atoms with Gasteiger partial charge in [0.15, 0.2) is 6.61 Å². The summed E-state index contributed by atoms with van der Waals surface area (Å²) in [5, 5.41) is 4.42. The summed E-state index contributed by atoms with van der Waals surface area (Å²) in [6, 6.07) is 16.8. The first-order valence-corrected chi connectivity index (χ1v) is 6.49. The van der Waals surface area contributed by atoms with Gasteiger partial charge in [0, 0.05) is 7.05 Å². The molecule has 0 bridgehead atoms. The first-order valence-electron chi connectivity index (χ1n) is 6.49. The molecule has 0 saturated heterocycles. The van der Waals surface area contributed by atoms with Crippen molar-refractivity contribution in [1.29, 1.82) is 0 Å². The minimum Gasteiger partial charge on any atom is -0.484 e. The second-order valence-corrected chi connectivity index (χ2v) is 4.31. The van der Waals surface area contributed by atoms with Crippen LogP contribution in [0.15, 0.2) is 54.6 Å². The molecule has 2 aromatic rings. The lowest BCUT2D eigenvalue weighted by molar-refractivity contribution is -0.122. The van der Waals surface area contributed by atoms with Gasteiger partial charge < -0.3 is 10.1 Å². The van der Waals surface area contributed by atoms with E-state index in [0.717, 1.165) is 11.1 Å². The van der Waals surface area contributed by atoms with Crippen molar-refractivity contribution in [2.24, 2.45) is 0 Å². The quantitative estimate of drug-likeness (QED) is 0.904. The number of amides is 3. The zero-order valence-electron chi connectivity index (χ0n) is 11.6. The summed E-state index contributed by atoms with van der Waals surface area (Å²) in [5.41, 5.74) is 2.18. The van der Waals surface area contributed by atoms with Crippen LogP contribution in [0.1, 0.15) is 0 Å². The summed E-state index contributed by atoms with van der Waals surface area (Å²) in [5.74, 6) is 0.0724. The number of imide groups is 1. The third-order valence-corrected chi connectivity index (χ3v) is 2.81. The van der Waals surface area contributed by atoms with Gasteiger partial charge in [-0.2, -0.15) is 0 Å². The summed E-state index contributed by atoms with van der Waals surface area (Å²) in [6.07, 6.45) is 0. The molecule has 0 heterocycles. The lowest BCUT2D eigenvalue weighted by Crippen LogP contribution is -2.39. The van der Waals surface area contributed by atoms with Crippen LogP contribution in [0.5, 0.6) is 5.75 Å². The van der Waals surface area contributed by atoms with Crippen molar-refractivity contribution in [2.45, 2.75) is 0 Å². The molecular weight excluding hydrogens is 268 g/mol. The predicted molar refractivity (Wildman–Crippen MR) is 80.0 cm³/mol. The van der Waals surface area contributed by atoms with E-state index in [1.54, 1.807) is 12.1 Å². The molecule has 0 aliphatic carbocycles. The topological polar surface area (TPSA) is 67.4 Å². The average molecular weight is 284 g/mol. The number of rotatable bonds is 4. The smallest absolute Gasteiger partial charge is 0.321 e. The second kappa shape index (κ2) is 7.09. The maximum atomic E-state index is 11.4. The molecule has 0 atom stereocenters. The number of ether oxygens (including phenoxy) is 1. The number of nitrogens with one attached hydrogen (secondary N) is 2. The SMILES string of the molecule is CNC(=O)NC(=O)COc1ccc(-c2ccccc2)cc1. The van der Waals surface area contributed by atoms with Crippen molar-refractivity contribution in [3.63, 3.8) is 0 Å². The van der Waals surface area contributed by atoms with Crippen molar-refractivity contribution >= 4 is 11.9 Å².